The van der Waals surface area contributed by atoms with Crippen LogP contribution in [-0.4, -0.2) is 56.5 Å². The first-order valence-electron chi connectivity index (χ1n) is 7.07. The summed E-state index contributed by atoms with van der Waals surface area (Å²) in [5.74, 6) is -0.435. The number of ether oxygens (including phenoxy) is 2. The Kier molecular flexibility index (Phi) is 4.95. The lowest BCUT2D eigenvalue weighted by molar-refractivity contribution is -0.134. The summed E-state index contributed by atoms with van der Waals surface area (Å²) in [4.78, 5) is 22.8. The summed E-state index contributed by atoms with van der Waals surface area (Å²) in [5.41, 5.74) is -0.0904. The molecule has 1 spiro atoms. The lowest BCUT2D eigenvalue weighted by Crippen LogP contribution is -2.44. The number of nitrogens with one attached hydrogen (secondary N) is 3. The summed E-state index contributed by atoms with van der Waals surface area (Å²) in [6.45, 7) is 4.07. The van der Waals surface area contributed by atoms with Gasteiger partial charge in [0.25, 0.3) is 5.91 Å². The fourth-order valence-electron chi connectivity index (χ4n) is 2.75. The third-order valence-electron chi connectivity index (χ3n) is 3.92. The predicted molar refractivity (Wildman–Crippen MR) is 72.3 cm³/mol. The molecular formula is C13H23N3O4. The van der Waals surface area contributed by atoms with Crippen LogP contribution in [0, 0.1) is 0 Å². The van der Waals surface area contributed by atoms with Gasteiger partial charge in [-0.1, -0.05) is 0 Å². The monoisotopic (exact) mass is 285 g/mol. The zero-order valence-corrected chi connectivity index (χ0v) is 12.0. The van der Waals surface area contributed by atoms with Crippen molar-refractivity contribution in [2.75, 3.05) is 26.7 Å². The van der Waals surface area contributed by atoms with E-state index in [2.05, 4.69) is 16.0 Å². The van der Waals surface area contributed by atoms with Crippen molar-refractivity contribution < 1.29 is 19.1 Å². The molecule has 0 aromatic rings. The lowest BCUT2D eigenvalue weighted by Gasteiger charge is -2.32. The van der Waals surface area contributed by atoms with Crippen molar-refractivity contribution in [3.05, 3.63) is 0 Å². The van der Waals surface area contributed by atoms with Gasteiger partial charge in [0.1, 0.15) is 6.10 Å². The van der Waals surface area contributed by atoms with E-state index in [0.717, 1.165) is 32.4 Å². The Morgan fingerprint density at radius 2 is 2.10 bits per heavy atom. The smallest absolute Gasteiger partial charge is 0.321 e. The highest BCUT2D eigenvalue weighted by Crippen LogP contribution is 2.35. The summed E-state index contributed by atoms with van der Waals surface area (Å²) >= 11 is 0. The van der Waals surface area contributed by atoms with Crippen LogP contribution in [0.3, 0.4) is 0 Å². The van der Waals surface area contributed by atoms with Crippen LogP contribution < -0.4 is 16.0 Å². The maximum Gasteiger partial charge on any atom is 0.321 e. The van der Waals surface area contributed by atoms with Gasteiger partial charge in [0, 0.05) is 13.5 Å². The highest BCUT2D eigenvalue weighted by Gasteiger charge is 2.42. The van der Waals surface area contributed by atoms with Crippen LogP contribution in [-0.2, 0) is 14.3 Å². The normalized spacial score (nSPS) is 26.2. The molecule has 0 aromatic heterocycles. The summed E-state index contributed by atoms with van der Waals surface area (Å²) in [6, 6.07) is -0.525. The number of carbonyl (C=O) groups excluding carboxylic acids is 2. The second-order valence-electron chi connectivity index (χ2n) is 5.42. The van der Waals surface area contributed by atoms with Gasteiger partial charge < -0.3 is 20.1 Å². The third-order valence-corrected chi connectivity index (χ3v) is 3.92. The van der Waals surface area contributed by atoms with Crippen molar-refractivity contribution in [3.8, 4) is 0 Å². The molecule has 2 fully saturated rings. The molecule has 2 aliphatic rings. The van der Waals surface area contributed by atoms with E-state index < -0.39 is 18.0 Å². The van der Waals surface area contributed by atoms with Crippen LogP contribution in [0.15, 0.2) is 0 Å². The van der Waals surface area contributed by atoms with Gasteiger partial charge in [-0.3, -0.25) is 10.1 Å². The van der Waals surface area contributed by atoms with Crippen molar-refractivity contribution in [2.24, 2.45) is 0 Å². The first kappa shape index (κ1) is 15.2. The standard InChI is InChI=1S/C13H23N3O4/c1-9(11(17)16-12(18)14-2)20-10-7-13(19-8-10)3-5-15-6-4-13/h9-10,15H,3-8H2,1-2H3,(H2,14,16,17,18). The van der Waals surface area contributed by atoms with E-state index in [1.165, 1.54) is 7.05 Å². The van der Waals surface area contributed by atoms with E-state index in [4.69, 9.17) is 9.47 Å². The van der Waals surface area contributed by atoms with E-state index in [1.54, 1.807) is 6.92 Å². The molecule has 3 amide bonds. The Bertz CT molecular complexity index is 369. The Balaban J connectivity index is 1.79. The van der Waals surface area contributed by atoms with Crippen LogP contribution >= 0.6 is 0 Å². The first-order chi connectivity index (χ1) is 9.54. The molecule has 3 N–H and O–H groups in total. The number of hydrogen-bond donors (Lipinski definition) is 3. The predicted octanol–water partition coefficient (Wildman–Crippen LogP) is -0.242. The minimum atomic E-state index is -0.669. The Morgan fingerprint density at radius 3 is 2.75 bits per heavy atom. The van der Waals surface area contributed by atoms with Crippen LogP contribution in [0.4, 0.5) is 4.79 Å². The van der Waals surface area contributed by atoms with Crippen molar-refractivity contribution in [2.45, 2.75) is 44.0 Å². The first-order valence-corrected chi connectivity index (χ1v) is 7.07. The minimum Gasteiger partial charge on any atom is -0.372 e. The highest BCUT2D eigenvalue weighted by atomic mass is 16.6. The quantitative estimate of drug-likeness (QED) is 0.666. The van der Waals surface area contributed by atoms with E-state index in [-0.39, 0.29) is 11.7 Å². The van der Waals surface area contributed by atoms with E-state index in [1.807, 2.05) is 0 Å². The maximum absolute atomic E-state index is 11.7. The fourth-order valence-corrected chi connectivity index (χ4v) is 2.75. The molecule has 2 heterocycles. The van der Waals surface area contributed by atoms with Crippen molar-refractivity contribution >= 4 is 11.9 Å². The summed E-state index contributed by atoms with van der Waals surface area (Å²) in [6.07, 6.45) is 2.01. The second kappa shape index (κ2) is 6.51. The number of piperidine rings is 1. The number of imide groups is 1. The summed E-state index contributed by atoms with van der Waals surface area (Å²) < 4.78 is 11.6. The second-order valence-corrected chi connectivity index (χ2v) is 5.42. The molecule has 2 saturated heterocycles. The lowest BCUT2D eigenvalue weighted by atomic mass is 9.89. The van der Waals surface area contributed by atoms with E-state index >= 15 is 0 Å². The number of carbonyl (C=O) groups is 2. The third kappa shape index (κ3) is 3.68. The number of amides is 3. The number of urea groups is 1. The highest BCUT2D eigenvalue weighted by molar-refractivity contribution is 5.96. The SMILES string of the molecule is CNC(=O)NC(=O)C(C)OC1COC2(CCNCC2)C1. The van der Waals surface area contributed by atoms with Gasteiger partial charge in [0.05, 0.1) is 18.3 Å². The largest absolute Gasteiger partial charge is 0.372 e. The molecular weight excluding hydrogens is 262 g/mol. The molecule has 2 aliphatic heterocycles. The molecule has 2 atom stereocenters. The van der Waals surface area contributed by atoms with Gasteiger partial charge in [0.15, 0.2) is 0 Å². The van der Waals surface area contributed by atoms with Gasteiger partial charge in [-0.2, -0.15) is 0 Å². The molecule has 0 radical (unpaired) electrons. The van der Waals surface area contributed by atoms with Crippen LogP contribution in [0.2, 0.25) is 0 Å². The van der Waals surface area contributed by atoms with Gasteiger partial charge in [-0.05, 0) is 32.9 Å². The van der Waals surface area contributed by atoms with Gasteiger partial charge >= 0.3 is 6.03 Å². The van der Waals surface area contributed by atoms with Gasteiger partial charge in [-0.15, -0.1) is 0 Å². The van der Waals surface area contributed by atoms with Crippen LogP contribution in [0.25, 0.3) is 0 Å². The molecule has 7 heteroatoms. The van der Waals surface area contributed by atoms with E-state index in [0.29, 0.717) is 6.61 Å². The summed E-state index contributed by atoms with van der Waals surface area (Å²) in [5, 5.41) is 7.85. The molecule has 0 aromatic carbocycles. The molecule has 7 nitrogen and oxygen atoms in total. The minimum absolute atomic E-state index is 0.0847. The topological polar surface area (TPSA) is 88.7 Å². The molecule has 0 saturated carbocycles. The van der Waals surface area contributed by atoms with E-state index in [9.17, 15) is 9.59 Å². The molecule has 20 heavy (non-hydrogen) atoms. The Morgan fingerprint density at radius 1 is 1.40 bits per heavy atom. The van der Waals surface area contributed by atoms with Crippen molar-refractivity contribution in [3.63, 3.8) is 0 Å². The fraction of sp³-hybridized carbons (Fsp3) is 0.846. The Labute approximate surface area is 118 Å². The average molecular weight is 285 g/mol. The average Bonchev–Trinajstić information content (AvgIpc) is 2.81. The number of hydrogen-bond acceptors (Lipinski definition) is 5. The number of rotatable bonds is 3. The zero-order chi connectivity index (χ0) is 14.6. The van der Waals surface area contributed by atoms with Gasteiger partial charge in [0.2, 0.25) is 0 Å². The molecule has 114 valence electrons. The van der Waals surface area contributed by atoms with Gasteiger partial charge in [-0.25, -0.2) is 4.79 Å². The van der Waals surface area contributed by atoms with Crippen molar-refractivity contribution in [1.29, 1.82) is 0 Å². The van der Waals surface area contributed by atoms with Crippen LogP contribution in [0.1, 0.15) is 26.2 Å². The Hall–Kier alpha value is -1.18. The zero-order valence-electron chi connectivity index (χ0n) is 12.0. The van der Waals surface area contributed by atoms with Crippen molar-refractivity contribution in [1.82, 2.24) is 16.0 Å². The maximum atomic E-state index is 11.7. The summed E-state index contributed by atoms with van der Waals surface area (Å²) in [7, 11) is 1.46. The molecule has 2 unspecified atom stereocenters. The molecule has 0 aliphatic carbocycles. The molecule has 2 rings (SSSR count). The van der Waals surface area contributed by atoms with Crippen LogP contribution in [0.5, 0.6) is 0 Å². The molecule has 0 bridgehead atoms.